The van der Waals surface area contributed by atoms with Crippen molar-refractivity contribution in [3.05, 3.63) is 29.8 Å². The Bertz CT molecular complexity index is 444. The first-order chi connectivity index (χ1) is 9.58. The van der Waals surface area contributed by atoms with Gasteiger partial charge in [0.05, 0.1) is 0 Å². The van der Waals surface area contributed by atoms with Gasteiger partial charge >= 0.3 is 6.03 Å². The number of benzene rings is 1. The van der Waals surface area contributed by atoms with Crippen LogP contribution in [0.1, 0.15) is 51.1 Å². The zero-order chi connectivity index (χ0) is 14.5. The van der Waals surface area contributed by atoms with Gasteiger partial charge in [-0.3, -0.25) is 0 Å². The van der Waals surface area contributed by atoms with Gasteiger partial charge in [-0.25, -0.2) is 4.79 Å². The number of nitrogens with one attached hydrogen (secondary N) is 2. The molecule has 1 fully saturated rings. The maximum atomic E-state index is 10.8. The average molecular weight is 275 g/mol. The van der Waals surface area contributed by atoms with E-state index in [9.17, 15) is 4.79 Å². The van der Waals surface area contributed by atoms with Gasteiger partial charge in [0, 0.05) is 17.8 Å². The fourth-order valence-electron chi connectivity index (χ4n) is 3.04. The largest absolute Gasteiger partial charge is 0.351 e. The Morgan fingerprint density at radius 2 is 2.05 bits per heavy atom. The van der Waals surface area contributed by atoms with E-state index < -0.39 is 6.03 Å². The summed E-state index contributed by atoms with van der Waals surface area (Å²) in [5.74, 6) is 0.891. The number of urea groups is 1. The fourth-order valence-corrected chi connectivity index (χ4v) is 3.04. The van der Waals surface area contributed by atoms with Crippen molar-refractivity contribution in [2.75, 3.05) is 5.32 Å². The van der Waals surface area contributed by atoms with Crippen molar-refractivity contribution in [2.45, 2.75) is 51.6 Å². The highest BCUT2D eigenvalue weighted by molar-refractivity contribution is 5.87. The lowest BCUT2D eigenvalue weighted by Gasteiger charge is -2.20. The molecule has 110 valence electrons. The van der Waals surface area contributed by atoms with Crippen molar-refractivity contribution in [1.29, 1.82) is 0 Å². The molecule has 0 heterocycles. The zero-order valence-corrected chi connectivity index (χ0v) is 12.4. The van der Waals surface area contributed by atoms with E-state index in [1.807, 2.05) is 24.3 Å². The minimum Gasteiger partial charge on any atom is -0.351 e. The Hall–Kier alpha value is -1.55. The van der Waals surface area contributed by atoms with E-state index in [2.05, 4.69) is 24.5 Å². The molecule has 2 rings (SSSR count). The molecule has 1 aromatic carbocycles. The van der Waals surface area contributed by atoms with Crippen LogP contribution in [0.4, 0.5) is 10.5 Å². The number of carbonyl (C=O) groups is 1. The summed E-state index contributed by atoms with van der Waals surface area (Å²) in [7, 11) is 0. The van der Waals surface area contributed by atoms with Crippen LogP contribution in [-0.4, -0.2) is 12.1 Å². The number of primary amides is 1. The van der Waals surface area contributed by atoms with Crippen molar-refractivity contribution in [2.24, 2.45) is 11.7 Å². The molecule has 0 spiro atoms. The summed E-state index contributed by atoms with van der Waals surface area (Å²) in [4.78, 5) is 10.8. The maximum Gasteiger partial charge on any atom is 0.316 e. The first-order valence-corrected chi connectivity index (χ1v) is 7.51. The Morgan fingerprint density at radius 3 is 2.60 bits per heavy atom. The number of nitrogens with two attached hydrogens (primary N) is 1. The van der Waals surface area contributed by atoms with Gasteiger partial charge in [0.1, 0.15) is 0 Å². The second-order valence-electron chi connectivity index (χ2n) is 5.78. The lowest BCUT2D eigenvalue weighted by atomic mass is 10.0. The molecule has 0 saturated heterocycles. The third-order valence-corrected chi connectivity index (χ3v) is 4.28. The zero-order valence-electron chi connectivity index (χ0n) is 12.4. The van der Waals surface area contributed by atoms with Gasteiger partial charge in [-0.05, 0) is 49.8 Å². The Kier molecular flexibility index (Phi) is 5.01. The maximum absolute atomic E-state index is 10.8. The summed E-state index contributed by atoms with van der Waals surface area (Å²) in [6.07, 6.45) is 5.22. The molecule has 0 aliphatic heterocycles. The van der Waals surface area contributed by atoms with Crippen molar-refractivity contribution >= 4 is 11.7 Å². The molecule has 1 aromatic rings. The number of anilines is 1. The molecule has 1 aliphatic rings. The van der Waals surface area contributed by atoms with E-state index in [1.165, 1.54) is 31.2 Å². The van der Waals surface area contributed by atoms with Crippen LogP contribution in [0.5, 0.6) is 0 Å². The average Bonchev–Trinajstić information content (AvgIpc) is 2.86. The predicted octanol–water partition coefficient (Wildman–Crippen LogP) is 3.41. The summed E-state index contributed by atoms with van der Waals surface area (Å²) >= 11 is 0. The van der Waals surface area contributed by atoms with E-state index in [0.717, 1.165) is 11.6 Å². The Labute approximate surface area is 121 Å². The van der Waals surface area contributed by atoms with Crippen molar-refractivity contribution in [3.8, 4) is 0 Å². The molecule has 0 aromatic heterocycles. The minimum atomic E-state index is -0.527. The second kappa shape index (κ2) is 6.75. The van der Waals surface area contributed by atoms with Crippen molar-refractivity contribution in [1.82, 2.24) is 5.32 Å². The van der Waals surface area contributed by atoms with E-state index >= 15 is 0 Å². The van der Waals surface area contributed by atoms with Crippen LogP contribution in [0.25, 0.3) is 0 Å². The number of amides is 2. The van der Waals surface area contributed by atoms with Crippen LogP contribution in [0.15, 0.2) is 24.3 Å². The van der Waals surface area contributed by atoms with Crippen molar-refractivity contribution in [3.63, 3.8) is 0 Å². The molecule has 4 nitrogen and oxygen atoms in total. The van der Waals surface area contributed by atoms with Gasteiger partial charge in [0.25, 0.3) is 0 Å². The molecule has 1 aliphatic carbocycles. The van der Waals surface area contributed by atoms with Gasteiger partial charge in [0.2, 0.25) is 0 Å². The molecule has 4 heteroatoms. The quantitative estimate of drug-likeness (QED) is 0.771. The van der Waals surface area contributed by atoms with Crippen LogP contribution >= 0.6 is 0 Å². The first kappa shape index (κ1) is 14.9. The van der Waals surface area contributed by atoms with E-state index in [0.29, 0.717) is 12.1 Å². The third kappa shape index (κ3) is 3.97. The van der Waals surface area contributed by atoms with Crippen LogP contribution < -0.4 is 16.4 Å². The highest BCUT2D eigenvalue weighted by Gasteiger charge is 2.24. The minimum absolute atomic E-state index is 0.332. The molecule has 0 bridgehead atoms. The molecule has 4 N–H and O–H groups in total. The number of hydrogen-bond acceptors (Lipinski definition) is 2. The van der Waals surface area contributed by atoms with Crippen molar-refractivity contribution < 1.29 is 4.79 Å². The normalized spacial score (nSPS) is 23.5. The lowest BCUT2D eigenvalue weighted by Crippen LogP contribution is -2.29. The third-order valence-electron chi connectivity index (χ3n) is 4.28. The highest BCUT2D eigenvalue weighted by Crippen LogP contribution is 2.29. The van der Waals surface area contributed by atoms with Crippen LogP contribution in [0, 0.1) is 5.92 Å². The molecule has 0 radical (unpaired) electrons. The number of rotatable bonds is 5. The molecule has 1 saturated carbocycles. The molecule has 3 unspecified atom stereocenters. The lowest BCUT2D eigenvalue weighted by molar-refractivity contribution is 0.259. The van der Waals surface area contributed by atoms with Gasteiger partial charge in [0.15, 0.2) is 0 Å². The summed E-state index contributed by atoms with van der Waals surface area (Å²) < 4.78 is 0. The van der Waals surface area contributed by atoms with Crippen LogP contribution in [0.3, 0.4) is 0 Å². The molecule has 20 heavy (non-hydrogen) atoms. The van der Waals surface area contributed by atoms with Gasteiger partial charge < -0.3 is 16.4 Å². The van der Waals surface area contributed by atoms with E-state index in [-0.39, 0.29) is 0 Å². The van der Waals surface area contributed by atoms with E-state index in [1.54, 1.807) is 0 Å². The smallest absolute Gasteiger partial charge is 0.316 e. The summed E-state index contributed by atoms with van der Waals surface area (Å²) in [6.45, 7) is 4.47. The summed E-state index contributed by atoms with van der Waals surface area (Å²) in [5, 5.41) is 6.28. The van der Waals surface area contributed by atoms with Crippen LogP contribution in [0.2, 0.25) is 0 Å². The molecule has 2 amide bonds. The van der Waals surface area contributed by atoms with E-state index in [4.69, 9.17) is 5.73 Å². The molecular formula is C16H25N3O. The Morgan fingerprint density at radius 1 is 1.35 bits per heavy atom. The van der Waals surface area contributed by atoms with Gasteiger partial charge in [-0.2, -0.15) is 0 Å². The molecular weight excluding hydrogens is 250 g/mol. The second-order valence-corrected chi connectivity index (χ2v) is 5.78. The summed E-state index contributed by atoms with van der Waals surface area (Å²) in [6, 6.07) is 8.30. The Balaban J connectivity index is 1.89. The molecule has 3 atom stereocenters. The van der Waals surface area contributed by atoms with Crippen LogP contribution in [-0.2, 0) is 0 Å². The predicted molar refractivity (Wildman–Crippen MR) is 82.6 cm³/mol. The highest BCUT2D eigenvalue weighted by atomic mass is 16.2. The summed E-state index contributed by atoms with van der Waals surface area (Å²) in [5.41, 5.74) is 7.07. The SMILES string of the molecule is CCC1CCC(NC(C)c2ccc(NC(N)=O)cc2)C1. The fraction of sp³-hybridized carbons (Fsp3) is 0.562. The van der Waals surface area contributed by atoms with Gasteiger partial charge in [-0.15, -0.1) is 0 Å². The monoisotopic (exact) mass is 275 g/mol. The first-order valence-electron chi connectivity index (χ1n) is 7.51. The standard InChI is InChI=1S/C16H25N3O/c1-3-12-4-7-15(10-12)18-11(2)13-5-8-14(9-6-13)19-16(17)20/h5-6,8-9,11-12,15,18H,3-4,7,10H2,1-2H3,(H3,17,19,20). The number of hydrogen-bond donors (Lipinski definition) is 3. The van der Waals surface area contributed by atoms with Gasteiger partial charge in [-0.1, -0.05) is 25.5 Å². The number of carbonyl (C=O) groups excluding carboxylic acids is 1. The topological polar surface area (TPSA) is 67.2 Å².